The van der Waals surface area contributed by atoms with Crippen LogP contribution in [0, 0.1) is 0 Å². The van der Waals surface area contributed by atoms with Crippen LogP contribution in [0.5, 0.6) is 5.75 Å². The quantitative estimate of drug-likeness (QED) is 0.574. The normalized spacial score (nSPS) is 10.9. The van der Waals surface area contributed by atoms with Gasteiger partial charge in [-0.25, -0.2) is 4.98 Å². The van der Waals surface area contributed by atoms with Gasteiger partial charge in [0.05, 0.1) is 30.6 Å². The number of imidazole rings is 1. The van der Waals surface area contributed by atoms with Gasteiger partial charge in [-0.15, -0.1) is 0 Å². The molecule has 3 heterocycles. The molecule has 3 aromatic heterocycles. The van der Waals surface area contributed by atoms with Gasteiger partial charge >= 0.3 is 0 Å². The van der Waals surface area contributed by atoms with Crippen LogP contribution >= 0.6 is 11.6 Å². The molecule has 0 fully saturated rings. The zero-order valence-electron chi connectivity index (χ0n) is 14.5. The van der Waals surface area contributed by atoms with Crippen molar-refractivity contribution in [1.82, 2.24) is 19.2 Å². The molecule has 4 rings (SSSR count). The van der Waals surface area contributed by atoms with Gasteiger partial charge in [-0.2, -0.15) is 5.10 Å². The monoisotopic (exact) mass is 381 g/mol. The number of fused-ring (bicyclic) bond motifs is 1. The third-order valence-corrected chi connectivity index (χ3v) is 4.24. The van der Waals surface area contributed by atoms with E-state index < -0.39 is 0 Å². The largest absolute Gasteiger partial charge is 0.497 e. The maximum atomic E-state index is 12.4. The molecule has 8 heteroatoms. The van der Waals surface area contributed by atoms with Crippen molar-refractivity contribution in [3.05, 3.63) is 77.5 Å². The Morgan fingerprint density at radius 3 is 2.96 bits per heavy atom. The SMILES string of the molecule is COc1cccc(Cn2cc(NC(=O)c3cn4cc(Cl)ccc4n3)cn2)c1. The van der Waals surface area contributed by atoms with Crippen LogP contribution in [0.15, 0.2) is 61.2 Å². The highest BCUT2D eigenvalue weighted by molar-refractivity contribution is 6.30. The number of hydrogen-bond donors (Lipinski definition) is 1. The summed E-state index contributed by atoms with van der Waals surface area (Å²) in [6, 6.07) is 11.2. The Labute approximate surface area is 160 Å². The fraction of sp³-hybridized carbons (Fsp3) is 0.105. The Morgan fingerprint density at radius 1 is 1.22 bits per heavy atom. The summed E-state index contributed by atoms with van der Waals surface area (Å²) < 4.78 is 8.68. The van der Waals surface area contributed by atoms with E-state index in [9.17, 15) is 4.79 Å². The number of nitrogens with one attached hydrogen (secondary N) is 1. The van der Waals surface area contributed by atoms with E-state index in [1.165, 1.54) is 0 Å². The van der Waals surface area contributed by atoms with Gasteiger partial charge in [-0.1, -0.05) is 23.7 Å². The number of carbonyl (C=O) groups is 1. The van der Waals surface area contributed by atoms with Crippen LogP contribution in [0.3, 0.4) is 0 Å². The lowest BCUT2D eigenvalue weighted by molar-refractivity contribution is 0.102. The minimum Gasteiger partial charge on any atom is -0.497 e. The number of benzene rings is 1. The smallest absolute Gasteiger partial charge is 0.275 e. The highest BCUT2D eigenvalue weighted by Gasteiger charge is 2.12. The molecule has 0 saturated carbocycles. The van der Waals surface area contributed by atoms with Crippen LogP contribution in [0.2, 0.25) is 5.02 Å². The first-order valence-corrected chi connectivity index (χ1v) is 8.59. The van der Waals surface area contributed by atoms with Crippen LogP contribution < -0.4 is 10.1 Å². The molecule has 1 amide bonds. The number of nitrogens with zero attached hydrogens (tertiary/aromatic N) is 4. The molecule has 0 spiro atoms. The van der Waals surface area contributed by atoms with Crippen molar-refractivity contribution in [1.29, 1.82) is 0 Å². The molecular formula is C19H16ClN5O2. The standard InChI is InChI=1S/C19H16ClN5O2/c1-27-16-4-2-3-13(7-16)9-25-11-15(8-21-25)22-19(26)17-12-24-10-14(20)5-6-18(24)23-17/h2-8,10-12H,9H2,1H3,(H,22,26). The van der Waals surface area contributed by atoms with Crippen molar-refractivity contribution < 1.29 is 9.53 Å². The summed E-state index contributed by atoms with van der Waals surface area (Å²) in [5.74, 6) is 0.482. The van der Waals surface area contributed by atoms with E-state index in [1.807, 2.05) is 24.3 Å². The van der Waals surface area contributed by atoms with Crippen LogP contribution in [-0.2, 0) is 6.54 Å². The number of halogens is 1. The fourth-order valence-corrected chi connectivity index (χ4v) is 2.91. The molecule has 0 aliphatic carbocycles. The third kappa shape index (κ3) is 3.78. The van der Waals surface area contributed by atoms with Gasteiger partial charge in [0.25, 0.3) is 5.91 Å². The van der Waals surface area contributed by atoms with Crippen molar-refractivity contribution in [2.75, 3.05) is 12.4 Å². The summed E-state index contributed by atoms with van der Waals surface area (Å²) in [5.41, 5.74) is 2.60. The number of rotatable bonds is 5. The van der Waals surface area contributed by atoms with Crippen LogP contribution in [0.25, 0.3) is 5.65 Å². The van der Waals surface area contributed by atoms with Crippen LogP contribution in [-0.4, -0.2) is 32.2 Å². The lowest BCUT2D eigenvalue weighted by atomic mass is 10.2. The maximum Gasteiger partial charge on any atom is 0.275 e. The second-order valence-corrected chi connectivity index (χ2v) is 6.41. The Balaban J connectivity index is 1.47. The van der Waals surface area contributed by atoms with E-state index in [0.29, 0.717) is 28.6 Å². The highest BCUT2D eigenvalue weighted by atomic mass is 35.5. The first-order chi connectivity index (χ1) is 13.1. The van der Waals surface area contributed by atoms with Gasteiger partial charge in [0.2, 0.25) is 0 Å². The third-order valence-electron chi connectivity index (χ3n) is 4.02. The minimum atomic E-state index is -0.309. The summed E-state index contributed by atoms with van der Waals surface area (Å²) in [6.45, 7) is 0.569. The molecule has 4 aromatic rings. The van der Waals surface area contributed by atoms with Gasteiger partial charge in [-0.3, -0.25) is 9.48 Å². The number of carbonyl (C=O) groups excluding carboxylic acids is 1. The predicted octanol–water partition coefficient (Wildman–Crippen LogP) is 3.49. The molecule has 0 aliphatic rings. The second kappa shape index (κ2) is 7.13. The Morgan fingerprint density at radius 2 is 2.11 bits per heavy atom. The molecule has 1 N–H and O–H groups in total. The van der Waals surface area contributed by atoms with E-state index >= 15 is 0 Å². The van der Waals surface area contributed by atoms with E-state index in [-0.39, 0.29) is 5.91 Å². The van der Waals surface area contributed by atoms with Crippen LogP contribution in [0.4, 0.5) is 5.69 Å². The maximum absolute atomic E-state index is 12.4. The molecule has 0 unspecified atom stereocenters. The van der Waals surface area contributed by atoms with Gasteiger partial charge in [0, 0.05) is 18.6 Å². The average molecular weight is 382 g/mol. The summed E-state index contributed by atoms with van der Waals surface area (Å²) in [4.78, 5) is 16.7. The average Bonchev–Trinajstić information content (AvgIpc) is 3.28. The molecule has 0 atom stereocenters. The van der Waals surface area contributed by atoms with E-state index in [0.717, 1.165) is 11.3 Å². The predicted molar refractivity (Wildman–Crippen MR) is 102 cm³/mol. The first kappa shape index (κ1) is 17.1. The lowest BCUT2D eigenvalue weighted by Gasteiger charge is -2.04. The van der Waals surface area contributed by atoms with Crippen molar-refractivity contribution in [3.63, 3.8) is 0 Å². The van der Waals surface area contributed by atoms with E-state index in [2.05, 4.69) is 15.4 Å². The van der Waals surface area contributed by atoms with Gasteiger partial charge in [0.1, 0.15) is 17.1 Å². The molecule has 136 valence electrons. The number of hydrogen-bond acceptors (Lipinski definition) is 4. The Bertz CT molecular complexity index is 1120. The highest BCUT2D eigenvalue weighted by Crippen LogP contribution is 2.16. The number of amides is 1. The summed E-state index contributed by atoms with van der Waals surface area (Å²) in [7, 11) is 1.63. The van der Waals surface area contributed by atoms with Crippen LogP contribution in [0.1, 0.15) is 16.1 Å². The first-order valence-electron chi connectivity index (χ1n) is 8.22. The minimum absolute atomic E-state index is 0.304. The van der Waals surface area contributed by atoms with E-state index in [1.54, 1.807) is 53.1 Å². The second-order valence-electron chi connectivity index (χ2n) is 5.97. The van der Waals surface area contributed by atoms with Gasteiger partial charge < -0.3 is 14.5 Å². The Kier molecular flexibility index (Phi) is 4.52. The summed E-state index contributed by atoms with van der Waals surface area (Å²) >= 11 is 5.96. The fourth-order valence-electron chi connectivity index (χ4n) is 2.74. The van der Waals surface area contributed by atoms with Crippen molar-refractivity contribution in [2.45, 2.75) is 6.54 Å². The van der Waals surface area contributed by atoms with Gasteiger partial charge in [0.15, 0.2) is 0 Å². The molecule has 7 nitrogen and oxygen atoms in total. The van der Waals surface area contributed by atoms with Gasteiger partial charge in [-0.05, 0) is 29.8 Å². The number of ether oxygens (including phenoxy) is 1. The number of anilines is 1. The zero-order valence-corrected chi connectivity index (χ0v) is 15.2. The molecule has 1 aromatic carbocycles. The van der Waals surface area contributed by atoms with Crippen molar-refractivity contribution in [3.8, 4) is 5.75 Å². The topological polar surface area (TPSA) is 73.5 Å². The van der Waals surface area contributed by atoms with Crippen molar-refractivity contribution >= 4 is 28.8 Å². The Hall–Kier alpha value is -3.32. The molecular weight excluding hydrogens is 366 g/mol. The molecule has 0 radical (unpaired) electrons. The zero-order chi connectivity index (χ0) is 18.8. The summed E-state index contributed by atoms with van der Waals surface area (Å²) in [5, 5.41) is 7.67. The molecule has 0 aliphatic heterocycles. The molecule has 0 saturated heterocycles. The summed E-state index contributed by atoms with van der Waals surface area (Å²) in [6.07, 6.45) is 6.71. The number of aromatic nitrogens is 4. The number of pyridine rings is 1. The lowest BCUT2D eigenvalue weighted by Crippen LogP contribution is -2.11. The van der Waals surface area contributed by atoms with Crippen molar-refractivity contribution in [2.24, 2.45) is 0 Å². The van der Waals surface area contributed by atoms with E-state index in [4.69, 9.17) is 16.3 Å². The molecule has 27 heavy (non-hydrogen) atoms. The number of methoxy groups -OCH3 is 1. The molecule has 0 bridgehead atoms.